The molecule has 0 atom stereocenters. The van der Waals surface area contributed by atoms with Crippen LogP contribution in [0, 0.1) is 3.57 Å². The van der Waals surface area contributed by atoms with Gasteiger partial charge in [-0.25, -0.2) is 0 Å². The zero-order valence-electron chi connectivity index (χ0n) is 9.03. The summed E-state index contributed by atoms with van der Waals surface area (Å²) < 4.78 is 1.02. The Morgan fingerprint density at radius 3 is 2.59 bits per heavy atom. The van der Waals surface area contributed by atoms with Crippen molar-refractivity contribution in [1.82, 2.24) is 5.32 Å². The lowest BCUT2D eigenvalue weighted by atomic mass is 9.97. The Kier molecular flexibility index (Phi) is 2.63. The van der Waals surface area contributed by atoms with Gasteiger partial charge in [-0.2, -0.15) is 0 Å². The van der Waals surface area contributed by atoms with Gasteiger partial charge in [0.1, 0.15) is 0 Å². The summed E-state index contributed by atoms with van der Waals surface area (Å²) >= 11 is 2.22. The molecule has 2 aromatic carbocycles. The van der Waals surface area contributed by atoms with Crippen molar-refractivity contribution in [3.63, 3.8) is 0 Å². The molecule has 1 aliphatic heterocycles. The Morgan fingerprint density at radius 2 is 1.82 bits per heavy atom. The minimum absolute atomic E-state index is 0.0437. The topological polar surface area (TPSA) is 29.1 Å². The molecule has 2 nitrogen and oxygen atoms in total. The van der Waals surface area contributed by atoms with Crippen molar-refractivity contribution in [2.24, 2.45) is 0 Å². The van der Waals surface area contributed by atoms with E-state index >= 15 is 0 Å². The van der Waals surface area contributed by atoms with E-state index in [1.165, 1.54) is 0 Å². The number of rotatable bonds is 1. The number of amides is 1. The molecule has 0 aromatic heterocycles. The second-order valence-electron chi connectivity index (χ2n) is 4.00. The van der Waals surface area contributed by atoms with Gasteiger partial charge in [-0.15, -0.1) is 0 Å². The van der Waals surface area contributed by atoms with Gasteiger partial charge >= 0.3 is 0 Å². The van der Waals surface area contributed by atoms with Gasteiger partial charge in [-0.1, -0.05) is 36.4 Å². The lowest BCUT2D eigenvalue weighted by molar-refractivity contribution is 0.0965. The number of carbonyl (C=O) groups is 1. The molecule has 0 fully saturated rings. The summed E-state index contributed by atoms with van der Waals surface area (Å²) in [4.78, 5) is 11.8. The van der Waals surface area contributed by atoms with Crippen LogP contribution in [-0.4, -0.2) is 5.91 Å². The minimum atomic E-state index is 0.0437. The zero-order valence-corrected chi connectivity index (χ0v) is 11.2. The van der Waals surface area contributed by atoms with Gasteiger partial charge < -0.3 is 5.32 Å². The molecule has 1 heterocycles. The minimum Gasteiger partial charge on any atom is -0.348 e. The van der Waals surface area contributed by atoms with E-state index < -0.39 is 0 Å². The standard InChI is InChI=1S/C14H10INO/c15-12-7-6-10(9-4-2-1-3-5-9)11-8-16-14(17)13(11)12/h1-7H,8H2,(H,16,17). The normalized spacial score (nSPS) is 13.4. The Bertz CT molecular complexity index is 593. The van der Waals surface area contributed by atoms with Gasteiger partial charge in [-0.05, 0) is 45.3 Å². The summed E-state index contributed by atoms with van der Waals surface area (Å²) in [5.41, 5.74) is 4.27. The van der Waals surface area contributed by atoms with Gasteiger partial charge in [0.05, 0.1) is 5.56 Å². The van der Waals surface area contributed by atoms with Gasteiger partial charge in [0.25, 0.3) is 5.91 Å². The van der Waals surface area contributed by atoms with E-state index in [0.717, 1.165) is 25.8 Å². The average molecular weight is 335 g/mol. The predicted octanol–water partition coefficient (Wildman–Crippen LogP) is 3.20. The summed E-state index contributed by atoms with van der Waals surface area (Å²) in [6.45, 7) is 0.634. The van der Waals surface area contributed by atoms with E-state index in [9.17, 15) is 4.79 Å². The highest BCUT2D eigenvalue weighted by atomic mass is 127. The van der Waals surface area contributed by atoms with Crippen molar-refractivity contribution in [1.29, 1.82) is 0 Å². The van der Waals surface area contributed by atoms with E-state index in [0.29, 0.717) is 6.54 Å². The molecular formula is C14H10INO. The third kappa shape index (κ3) is 1.74. The number of carbonyl (C=O) groups excluding carboxylic acids is 1. The molecule has 3 rings (SSSR count). The summed E-state index contributed by atoms with van der Waals surface area (Å²) in [5, 5.41) is 2.89. The second-order valence-corrected chi connectivity index (χ2v) is 5.16. The van der Waals surface area contributed by atoms with E-state index in [4.69, 9.17) is 0 Å². The molecule has 0 spiro atoms. The monoisotopic (exact) mass is 335 g/mol. The van der Waals surface area contributed by atoms with Crippen LogP contribution in [0.2, 0.25) is 0 Å². The molecule has 0 saturated heterocycles. The number of hydrogen-bond donors (Lipinski definition) is 1. The first-order chi connectivity index (χ1) is 8.27. The highest BCUT2D eigenvalue weighted by molar-refractivity contribution is 14.1. The third-order valence-corrected chi connectivity index (χ3v) is 3.90. The number of hydrogen-bond acceptors (Lipinski definition) is 1. The van der Waals surface area contributed by atoms with Crippen LogP contribution in [-0.2, 0) is 6.54 Å². The molecule has 2 aromatic rings. The van der Waals surface area contributed by atoms with Crippen LogP contribution in [0.1, 0.15) is 15.9 Å². The first-order valence-electron chi connectivity index (χ1n) is 5.42. The number of nitrogens with one attached hydrogen (secondary N) is 1. The number of fused-ring (bicyclic) bond motifs is 1. The molecule has 1 aliphatic rings. The van der Waals surface area contributed by atoms with Gasteiger partial charge in [0.15, 0.2) is 0 Å². The predicted molar refractivity (Wildman–Crippen MR) is 75.8 cm³/mol. The Balaban J connectivity index is 2.24. The highest BCUT2D eigenvalue weighted by Crippen LogP contribution is 2.31. The van der Waals surface area contributed by atoms with Crippen molar-refractivity contribution in [2.45, 2.75) is 6.54 Å². The molecular weight excluding hydrogens is 325 g/mol. The Labute approximate surface area is 113 Å². The van der Waals surface area contributed by atoms with Crippen LogP contribution in [0.15, 0.2) is 42.5 Å². The molecule has 0 aliphatic carbocycles. The number of halogens is 1. The lowest BCUT2D eigenvalue weighted by Crippen LogP contribution is -2.13. The van der Waals surface area contributed by atoms with Gasteiger partial charge in [0, 0.05) is 10.1 Å². The smallest absolute Gasteiger partial charge is 0.252 e. The molecule has 0 saturated carbocycles. The van der Waals surface area contributed by atoms with Crippen LogP contribution in [0.4, 0.5) is 0 Å². The van der Waals surface area contributed by atoms with Crippen molar-refractivity contribution in [3.05, 3.63) is 57.2 Å². The van der Waals surface area contributed by atoms with Crippen molar-refractivity contribution < 1.29 is 4.79 Å². The SMILES string of the molecule is O=C1NCc2c(-c3ccccc3)ccc(I)c21. The molecule has 84 valence electrons. The molecule has 0 unspecified atom stereocenters. The highest BCUT2D eigenvalue weighted by Gasteiger charge is 2.24. The lowest BCUT2D eigenvalue weighted by Gasteiger charge is -2.08. The van der Waals surface area contributed by atoms with Crippen molar-refractivity contribution >= 4 is 28.5 Å². The quantitative estimate of drug-likeness (QED) is 0.797. The summed E-state index contributed by atoms with van der Waals surface area (Å²) in [6.07, 6.45) is 0. The molecule has 1 N–H and O–H groups in total. The van der Waals surface area contributed by atoms with Crippen molar-refractivity contribution in [2.75, 3.05) is 0 Å². The first-order valence-corrected chi connectivity index (χ1v) is 6.50. The van der Waals surface area contributed by atoms with E-state index in [1.807, 2.05) is 24.3 Å². The van der Waals surface area contributed by atoms with Crippen LogP contribution >= 0.6 is 22.6 Å². The van der Waals surface area contributed by atoms with Crippen LogP contribution in [0.25, 0.3) is 11.1 Å². The maximum Gasteiger partial charge on any atom is 0.252 e. The molecule has 17 heavy (non-hydrogen) atoms. The summed E-state index contributed by atoms with van der Waals surface area (Å²) in [7, 11) is 0. The van der Waals surface area contributed by atoms with Crippen molar-refractivity contribution in [3.8, 4) is 11.1 Å². The summed E-state index contributed by atoms with van der Waals surface area (Å²) in [6, 6.07) is 14.3. The van der Waals surface area contributed by atoms with E-state index in [2.05, 4.69) is 46.1 Å². The number of benzene rings is 2. The van der Waals surface area contributed by atoms with Crippen LogP contribution in [0.3, 0.4) is 0 Å². The van der Waals surface area contributed by atoms with Crippen LogP contribution in [0.5, 0.6) is 0 Å². The largest absolute Gasteiger partial charge is 0.348 e. The van der Waals surface area contributed by atoms with Gasteiger partial charge in [-0.3, -0.25) is 4.79 Å². The average Bonchev–Trinajstić information content (AvgIpc) is 2.74. The Hall–Kier alpha value is -1.36. The second kappa shape index (κ2) is 4.14. The maximum atomic E-state index is 11.8. The zero-order chi connectivity index (χ0) is 11.8. The fourth-order valence-corrected chi connectivity index (χ4v) is 2.94. The van der Waals surface area contributed by atoms with Gasteiger partial charge in [0.2, 0.25) is 0 Å². The maximum absolute atomic E-state index is 11.8. The van der Waals surface area contributed by atoms with E-state index in [-0.39, 0.29) is 5.91 Å². The Morgan fingerprint density at radius 1 is 1.06 bits per heavy atom. The molecule has 0 radical (unpaired) electrons. The molecule has 0 bridgehead atoms. The first kappa shape index (κ1) is 10.8. The van der Waals surface area contributed by atoms with Crippen LogP contribution < -0.4 is 5.32 Å². The third-order valence-electron chi connectivity index (χ3n) is 3.00. The fraction of sp³-hybridized carbons (Fsp3) is 0.0714. The molecule has 3 heteroatoms. The fourth-order valence-electron chi connectivity index (χ4n) is 2.19. The summed E-state index contributed by atoms with van der Waals surface area (Å²) in [5.74, 6) is 0.0437. The molecule has 1 amide bonds. The van der Waals surface area contributed by atoms with E-state index in [1.54, 1.807) is 0 Å².